The monoisotopic (exact) mass is 471 g/mol. The Hall–Kier alpha value is -1.61. The van der Waals surface area contributed by atoms with Crippen molar-refractivity contribution in [2.75, 3.05) is 5.32 Å². The Morgan fingerprint density at radius 3 is 2.61 bits per heavy atom. The Bertz CT molecular complexity index is 789. The number of primary amides is 1. The van der Waals surface area contributed by atoms with E-state index in [1.807, 2.05) is 20.8 Å². The average molecular weight is 472 g/mol. The number of carbonyl (C=O) groups excluding carboxylic acids is 3. The number of amides is 3. The molecular weight excluding hydrogens is 446 g/mol. The van der Waals surface area contributed by atoms with Crippen molar-refractivity contribution in [1.82, 2.24) is 4.90 Å². The average Bonchev–Trinajstić information content (AvgIpc) is 3.13. The highest BCUT2D eigenvalue weighted by Gasteiger charge is 2.49. The minimum Gasteiger partial charge on any atom is -0.444 e. The lowest BCUT2D eigenvalue weighted by Gasteiger charge is -2.34. The Balaban J connectivity index is 1.84. The molecule has 3 rings (SSSR count). The van der Waals surface area contributed by atoms with Gasteiger partial charge in [-0.15, -0.1) is 11.3 Å². The van der Waals surface area contributed by atoms with Crippen molar-refractivity contribution in [2.45, 2.75) is 70.6 Å². The van der Waals surface area contributed by atoms with E-state index < -0.39 is 23.6 Å². The minimum atomic E-state index is -0.637. The fourth-order valence-electron chi connectivity index (χ4n) is 4.12. The van der Waals surface area contributed by atoms with Gasteiger partial charge in [-0.25, -0.2) is 4.79 Å². The highest BCUT2D eigenvalue weighted by molar-refractivity contribution is 9.11. The summed E-state index contributed by atoms with van der Waals surface area (Å²) < 4.78 is 6.29. The molecule has 3 amide bonds. The molecule has 1 aromatic rings. The van der Waals surface area contributed by atoms with Gasteiger partial charge in [0.25, 0.3) is 5.91 Å². The molecule has 3 atom stereocenters. The van der Waals surface area contributed by atoms with E-state index in [0.29, 0.717) is 21.8 Å². The molecule has 154 valence electrons. The molecule has 9 heteroatoms. The first kappa shape index (κ1) is 21.1. The Morgan fingerprint density at radius 1 is 1.29 bits per heavy atom. The van der Waals surface area contributed by atoms with Crippen LogP contribution in [-0.2, 0) is 9.53 Å². The Labute approximate surface area is 177 Å². The smallest absolute Gasteiger partial charge is 0.411 e. The van der Waals surface area contributed by atoms with E-state index in [0.717, 1.165) is 37.0 Å². The van der Waals surface area contributed by atoms with Gasteiger partial charge >= 0.3 is 6.09 Å². The van der Waals surface area contributed by atoms with Gasteiger partial charge in [-0.3, -0.25) is 14.5 Å². The lowest BCUT2D eigenvalue weighted by atomic mass is 9.85. The molecule has 1 aliphatic heterocycles. The number of thiophene rings is 1. The van der Waals surface area contributed by atoms with Crippen molar-refractivity contribution in [3.63, 3.8) is 0 Å². The van der Waals surface area contributed by atoms with Crippen molar-refractivity contribution in [1.29, 1.82) is 0 Å². The maximum absolute atomic E-state index is 13.1. The maximum Gasteiger partial charge on any atom is 0.411 e. The van der Waals surface area contributed by atoms with Crippen molar-refractivity contribution in [2.24, 2.45) is 11.7 Å². The predicted octanol–water partition coefficient (Wildman–Crippen LogP) is 4.12. The molecule has 0 bridgehead atoms. The second-order valence-corrected chi connectivity index (χ2v) is 10.8. The lowest BCUT2D eigenvalue weighted by molar-refractivity contribution is -0.120. The van der Waals surface area contributed by atoms with Crippen LogP contribution in [0.25, 0.3) is 0 Å². The van der Waals surface area contributed by atoms with Crippen molar-refractivity contribution < 1.29 is 19.1 Å². The van der Waals surface area contributed by atoms with Gasteiger partial charge in [0.15, 0.2) is 0 Å². The summed E-state index contributed by atoms with van der Waals surface area (Å²) in [5.41, 5.74) is 5.14. The van der Waals surface area contributed by atoms with Crippen LogP contribution in [0.4, 0.5) is 10.5 Å². The van der Waals surface area contributed by atoms with E-state index in [1.165, 1.54) is 0 Å². The van der Waals surface area contributed by atoms with Gasteiger partial charge in [0.2, 0.25) is 5.91 Å². The maximum atomic E-state index is 13.1. The fourth-order valence-corrected chi connectivity index (χ4v) is 5.53. The van der Waals surface area contributed by atoms with Gasteiger partial charge in [0.05, 0.1) is 9.47 Å². The van der Waals surface area contributed by atoms with E-state index in [2.05, 4.69) is 21.2 Å². The Morgan fingerprint density at radius 2 is 1.96 bits per heavy atom. The zero-order valence-electron chi connectivity index (χ0n) is 16.3. The van der Waals surface area contributed by atoms with Gasteiger partial charge in [-0.1, -0.05) is 12.8 Å². The number of carbonyl (C=O) groups is 3. The summed E-state index contributed by atoms with van der Waals surface area (Å²) in [6, 6.07) is 1.05. The van der Waals surface area contributed by atoms with Crippen LogP contribution in [0.5, 0.6) is 0 Å². The number of hydrogen-bond donors (Lipinski definition) is 2. The third kappa shape index (κ3) is 4.51. The fraction of sp³-hybridized carbons (Fsp3) is 0.632. The highest BCUT2D eigenvalue weighted by Crippen LogP contribution is 2.41. The SMILES string of the molecule is CC(C)(C)OC(=O)N1[C@H](C(=O)Nc2cc(Br)sc2C(N)=O)C[C@@H]2CCCC[C@@H]21. The highest BCUT2D eigenvalue weighted by atomic mass is 79.9. The second kappa shape index (κ2) is 8.02. The van der Waals surface area contributed by atoms with Crippen LogP contribution in [0.3, 0.4) is 0 Å². The van der Waals surface area contributed by atoms with Crippen LogP contribution in [0.1, 0.15) is 62.5 Å². The summed E-state index contributed by atoms with van der Waals surface area (Å²) >= 11 is 4.48. The quantitative estimate of drug-likeness (QED) is 0.691. The summed E-state index contributed by atoms with van der Waals surface area (Å²) in [6.07, 6.45) is 4.18. The number of nitrogens with one attached hydrogen (secondary N) is 1. The number of ether oxygens (including phenoxy) is 1. The zero-order chi connectivity index (χ0) is 20.6. The van der Waals surface area contributed by atoms with Crippen LogP contribution < -0.4 is 11.1 Å². The van der Waals surface area contributed by atoms with E-state index >= 15 is 0 Å². The summed E-state index contributed by atoms with van der Waals surface area (Å²) in [5, 5.41) is 2.80. The normalized spacial score (nSPS) is 24.6. The number of rotatable bonds is 3. The molecule has 28 heavy (non-hydrogen) atoms. The predicted molar refractivity (Wildman–Crippen MR) is 111 cm³/mol. The molecule has 0 aromatic carbocycles. The summed E-state index contributed by atoms with van der Waals surface area (Å²) in [6.45, 7) is 5.45. The van der Waals surface area contributed by atoms with Crippen LogP contribution >= 0.6 is 27.3 Å². The van der Waals surface area contributed by atoms with Crippen molar-refractivity contribution in [3.8, 4) is 0 Å². The Kier molecular flexibility index (Phi) is 6.05. The van der Waals surface area contributed by atoms with Gasteiger partial charge in [-0.2, -0.15) is 0 Å². The number of anilines is 1. The first-order valence-electron chi connectivity index (χ1n) is 9.48. The number of fused-ring (bicyclic) bond motifs is 1. The van der Waals surface area contributed by atoms with Gasteiger partial charge < -0.3 is 15.8 Å². The number of hydrogen-bond acceptors (Lipinski definition) is 5. The molecule has 2 fully saturated rings. The zero-order valence-corrected chi connectivity index (χ0v) is 18.7. The first-order valence-corrected chi connectivity index (χ1v) is 11.1. The van der Waals surface area contributed by atoms with Crippen molar-refractivity contribution in [3.05, 3.63) is 14.7 Å². The topological polar surface area (TPSA) is 102 Å². The summed E-state index contributed by atoms with van der Waals surface area (Å²) in [5.74, 6) is -0.620. The molecule has 2 heterocycles. The van der Waals surface area contributed by atoms with Crippen molar-refractivity contribution >= 4 is 50.9 Å². The number of nitrogens with two attached hydrogens (primary N) is 1. The summed E-state index contributed by atoms with van der Waals surface area (Å²) in [4.78, 5) is 39.6. The second-order valence-electron chi connectivity index (χ2n) is 8.40. The third-order valence-electron chi connectivity index (χ3n) is 5.18. The molecule has 1 saturated heterocycles. The van der Waals surface area contributed by atoms with E-state index in [9.17, 15) is 14.4 Å². The first-order chi connectivity index (χ1) is 13.1. The molecule has 0 unspecified atom stereocenters. The van der Waals surface area contributed by atoms with Crippen LogP contribution in [0, 0.1) is 5.92 Å². The summed E-state index contributed by atoms with van der Waals surface area (Å²) in [7, 11) is 0. The molecule has 1 aromatic heterocycles. The van der Waals surface area contributed by atoms with Gasteiger partial charge in [0.1, 0.15) is 16.5 Å². The molecule has 1 aliphatic carbocycles. The molecule has 7 nitrogen and oxygen atoms in total. The minimum absolute atomic E-state index is 0.0178. The van der Waals surface area contributed by atoms with Gasteiger partial charge in [0, 0.05) is 6.04 Å². The van der Waals surface area contributed by atoms with E-state index in [-0.39, 0.29) is 16.8 Å². The number of likely N-dealkylation sites (tertiary alicyclic amines) is 1. The molecule has 0 spiro atoms. The molecular formula is C19H26BrN3O4S. The van der Waals surface area contributed by atoms with E-state index in [4.69, 9.17) is 10.5 Å². The third-order valence-corrected chi connectivity index (χ3v) is 6.83. The van der Waals surface area contributed by atoms with Crippen LogP contribution in [0.15, 0.2) is 9.85 Å². The van der Waals surface area contributed by atoms with Crippen LogP contribution in [-0.4, -0.2) is 40.5 Å². The van der Waals surface area contributed by atoms with Gasteiger partial charge in [-0.05, 0) is 67.9 Å². The van der Waals surface area contributed by atoms with E-state index in [1.54, 1.807) is 11.0 Å². The standard InChI is InChI=1S/C19H26BrN3O4S/c1-19(2,3)27-18(26)23-12-7-5-4-6-10(12)8-13(23)17(25)22-11-9-14(20)28-15(11)16(21)24/h9-10,12-13H,4-8H2,1-3H3,(H2,21,24)(H,22,25)/t10-,12-,13-/m0/s1. The molecule has 1 saturated carbocycles. The number of nitrogens with zero attached hydrogens (tertiary/aromatic N) is 1. The lowest BCUT2D eigenvalue weighted by Crippen LogP contribution is -2.49. The van der Waals surface area contributed by atoms with Crippen LogP contribution in [0.2, 0.25) is 0 Å². The largest absolute Gasteiger partial charge is 0.444 e. The number of halogens is 1. The molecule has 2 aliphatic rings. The molecule has 3 N–H and O–H groups in total. The molecule has 0 radical (unpaired) electrons.